The van der Waals surface area contributed by atoms with Gasteiger partial charge in [-0.15, -0.1) is 0 Å². The molecular formula is C14H16BrNO3. The van der Waals surface area contributed by atoms with Gasteiger partial charge in [-0.25, -0.2) is 4.79 Å². The first-order chi connectivity index (χ1) is 8.76. The molecule has 5 heteroatoms. The molecule has 1 aromatic rings. The molecule has 1 aliphatic heterocycles. The van der Waals surface area contributed by atoms with Gasteiger partial charge in [-0.2, -0.15) is 0 Å². The van der Waals surface area contributed by atoms with Gasteiger partial charge in [-0.1, -0.05) is 15.9 Å². The van der Waals surface area contributed by atoms with Crippen molar-refractivity contribution in [2.45, 2.75) is 32.9 Å². The van der Waals surface area contributed by atoms with Crippen LogP contribution in [-0.2, 0) is 11.3 Å². The molecule has 1 amide bonds. The van der Waals surface area contributed by atoms with Crippen molar-refractivity contribution in [3.8, 4) is 0 Å². The Balaban J connectivity index is 2.21. The summed E-state index contributed by atoms with van der Waals surface area (Å²) >= 11 is 3.37. The molecule has 0 atom stereocenters. The van der Waals surface area contributed by atoms with E-state index in [-0.39, 0.29) is 12.3 Å². The van der Waals surface area contributed by atoms with Gasteiger partial charge in [0.05, 0.1) is 13.1 Å². The Morgan fingerprint density at radius 2 is 2.00 bits per heavy atom. The highest BCUT2D eigenvalue weighted by atomic mass is 79.9. The molecule has 1 aromatic carbocycles. The van der Waals surface area contributed by atoms with E-state index >= 15 is 0 Å². The number of ether oxygens (including phenoxy) is 1. The number of halogens is 1. The van der Waals surface area contributed by atoms with Crippen LogP contribution in [0.4, 0.5) is 4.79 Å². The van der Waals surface area contributed by atoms with Crippen LogP contribution < -0.4 is 0 Å². The van der Waals surface area contributed by atoms with E-state index in [1.807, 2.05) is 12.1 Å². The number of nitrogens with zero attached hydrogens (tertiary/aromatic N) is 1. The average Bonchev–Trinajstić information content (AvgIpc) is 2.25. The van der Waals surface area contributed by atoms with Gasteiger partial charge in [0.2, 0.25) is 0 Å². The summed E-state index contributed by atoms with van der Waals surface area (Å²) < 4.78 is 6.19. The van der Waals surface area contributed by atoms with E-state index in [4.69, 9.17) is 4.74 Å². The lowest BCUT2D eigenvalue weighted by atomic mass is 9.99. The third kappa shape index (κ3) is 3.35. The molecule has 0 aliphatic carbocycles. The van der Waals surface area contributed by atoms with Gasteiger partial charge in [0.1, 0.15) is 5.60 Å². The van der Waals surface area contributed by atoms with E-state index in [0.717, 1.165) is 10.0 Å². The van der Waals surface area contributed by atoms with Crippen molar-refractivity contribution in [1.29, 1.82) is 0 Å². The molecule has 0 aromatic heterocycles. The third-order valence-electron chi connectivity index (χ3n) is 2.72. The van der Waals surface area contributed by atoms with Crippen LogP contribution >= 0.6 is 15.9 Å². The fourth-order valence-corrected chi connectivity index (χ4v) is 2.35. The second-order valence-corrected chi connectivity index (χ2v) is 6.48. The van der Waals surface area contributed by atoms with Crippen molar-refractivity contribution in [2.24, 2.45) is 0 Å². The Hall–Kier alpha value is -1.36. The van der Waals surface area contributed by atoms with Crippen LogP contribution in [0.1, 0.15) is 36.7 Å². The second-order valence-electron chi connectivity index (χ2n) is 5.56. The molecule has 1 aliphatic rings. The minimum atomic E-state index is -0.558. The van der Waals surface area contributed by atoms with E-state index < -0.39 is 11.7 Å². The van der Waals surface area contributed by atoms with Crippen molar-refractivity contribution in [2.75, 3.05) is 6.54 Å². The van der Waals surface area contributed by atoms with E-state index in [1.165, 1.54) is 4.90 Å². The summed E-state index contributed by atoms with van der Waals surface area (Å²) in [5, 5.41) is 0. The molecule has 0 saturated carbocycles. The number of carbonyl (C=O) groups is 2. The van der Waals surface area contributed by atoms with Crippen molar-refractivity contribution in [3.63, 3.8) is 0 Å². The average molecular weight is 326 g/mol. The molecule has 1 heterocycles. The Labute approximate surface area is 120 Å². The quantitative estimate of drug-likeness (QED) is 0.734. The lowest BCUT2D eigenvalue weighted by Crippen LogP contribution is -2.42. The zero-order valence-electron chi connectivity index (χ0n) is 11.2. The van der Waals surface area contributed by atoms with Crippen molar-refractivity contribution < 1.29 is 14.3 Å². The maximum atomic E-state index is 12.0. The van der Waals surface area contributed by atoms with Crippen molar-refractivity contribution in [3.05, 3.63) is 33.8 Å². The van der Waals surface area contributed by atoms with Gasteiger partial charge in [-0.3, -0.25) is 9.69 Å². The first kappa shape index (κ1) is 14.1. The molecule has 19 heavy (non-hydrogen) atoms. The van der Waals surface area contributed by atoms with E-state index in [1.54, 1.807) is 26.8 Å². The Morgan fingerprint density at radius 3 is 2.63 bits per heavy atom. The summed E-state index contributed by atoms with van der Waals surface area (Å²) in [6, 6.07) is 5.48. The standard InChI is InChI=1S/C14H16BrNO3/c1-14(2,3)19-13(18)16-7-9-6-10(15)4-5-11(9)12(17)8-16/h4-6H,7-8H2,1-3H3. The molecule has 4 nitrogen and oxygen atoms in total. The summed E-state index contributed by atoms with van der Waals surface area (Å²) in [4.78, 5) is 25.4. The highest BCUT2D eigenvalue weighted by Crippen LogP contribution is 2.24. The largest absolute Gasteiger partial charge is 0.444 e. The summed E-state index contributed by atoms with van der Waals surface area (Å²) in [5.41, 5.74) is 0.969. The summed E-state index contributed by atoms with van der Waals surface area (Å²) in [6.45, 7) is 5.89. The molecule has 0 N–H and O–H groups in total. The Kier molecular flexibility index (Phi) is 3.67. The topological polar surface area (TPSA) is 46.6 Å². The van der Waals surface area contributed by atoms with Crippen LogP contribution in [0.5, 0.6) is 0 Å². The minimum absolute atomic E-state index is 0.0559. The van der Waals surface area contributed by atoms with E-state index in [0.29, 0.717) is 12.1 Å². The molecule has 0 spiro atoms. The lowest BCUT2D eigenvalue weighted by Gasteiger charge is -2.30. The Morgan fingerprint density at radius 1 is 1.32 bits per heavy atom. The number of amides is 1. The van der Waals surface area contributed by atoms with Gasteiger partial charge in [0.15, 0.2) is 5.78 Å². The molecule has 0 saturated heterocycles. The number of fused-ring (bicyclic) bond motifs is 1. The van der Waals surface area contributed by atoms with Crippen LogP contribution in [0.25, 0.3) is 0 Å². The number of hydrogen-bond donors (Lipinski definition) is 0. The normalized spacial score (nSPS) is 15.2. The van der Waals surface area contributed by atoms with Crippen LogP contribution in [0.2, 0.25) is 0 Å². The molecule has 0 bridgehead atoms. The summed E-state index contributed by atoms with van der Waals surface area (Å²) in [7, 11) is 0. The first-order valence-corrected chi connectivity index (χ1v) is 6.85. The monoisotopic (exact) mass is 325 g/mol. The molecule has 102 valence electrons. The van der Waals surface area contributed by atoms with Crippen LogP contribution in [0.15, 0.2) is 22.7 Å². The van der Waals surface area contributed by atoms with Gasteiger partial charge in [0.25, 0.3) is 0 Å². The first-order valence-electron chi connectivity index (χ1n) is 6.06. The second kappa shape index (κ2) is 4.96. The van der Waals surface area contributed by atoms with E-state index in [9.17, 15) is 9.59 Å². The highest BCUT2D eigenvalue weighted by molar-refractivity contribution is 9.10. The fourth-order valence-electron chi connectivity index (χ4n) is 1.94. The van der Waals surface area contributed by atoms with E-state index in [2.05, 4.69) is 15.9 Å². The molecule has 0 unspecified atom stereocenters. The van der Waals surface area contributed by atoms with Crippen LogP contribution in [-0.4, -0.2) is 28.9 Å². The predicted octanol–water partition coefficient (Wildman–Crippen LogP) is 3.38. The summed E-state index contributed by atoms with van der Waals surface area (Å²) in [5.74, 6) is -0.0559. The number of hydrogen-bond acceptors (Lipinski definition) is 3. The molecular weight excluding hydrogens is 310 g/mol. The van der Waals surface area contributed by atoms with Crippen LogP contribution in [0, 0.1) is 0 Å². The zero-order valence-corrected chi connectivity index (χ0v) is 12.8. The van der Waals surface area contributed by atoms with Crippen molar-refractivity contribution in [1.82, 2.24) is 4.90 Å². The number of carbonyl (C=O) groups excluding carboxylic acids is 2. The SMILES string of the molecule is CC(C)(C)OC(=O)N1CC(=O)c2ccc(Br)cc2C1. The van der Waals surface area contributed by atoms with Gasteiger partial charge >= 0.3 is 6.09 Å². The molecule has 0 fully saturated rings. The molecule has 0 radical (unpaired) electrons. The zero-order chi connectivity index (χ0) is 14.2. The lowest BCUT2D eigenvalue weighted by molar-refractivity contribution is 0.0220. The number of rotatable bonds is 0. The number of benzene rings is 1. The third-order valence-corrected chi connectivity index (χ3v) is 3.21. The maximum Gasteiger partial charge on any atom is 0.411 e. The van der Waals surface area contributed by atoms with Crippen molar-refractivity contribution >= 4 is 27.8 Å². The van der Waals surface area contributed by atoms with Gasteiger partial charge in [0, 0.05) is 10.0 Å². The van der Waals surface area contributed by atoms with Gasteiger partial charge < -0.3 is 4.74 Å². The minimum Gasteiger partial charge on any atom is -0.444 e. The Bertz CT molecular complexity index is 534. The molecule has 2 rings (SSSR count). The maximum absolute atomic E-state index is 12.0. The number of Topliss-reactive ketones (excluding diaryl/α,β-unsaturated/α-hetero) is 1. The number of ketones is 1. The predicted molar refractivity (Wildman–Crippen MR) is 75.1 cm³/mol. The smallest absolute Gasteiger partial charge is 0.411 e. The highest BCUT2D eigenvalue weighted by Gasteiger charge is 2.29. The fraction of sp³-hybridized carbons (Fsp3) is 0.429. The summed E-state index contributed by atoms with van der Waals surface area (Å²) in [6.07, 6.45) is -0.452. The van der Waals surface area contributed by atoms with Crippen LogP contribution in [0.3, 0.4) is 0 Å². The van der Waals surface area contributed by atoms with Gasteiger partial charge in [-0.05, 0) is 44.5 Å².